The van der Waals surface area contributed by atoms with Crippen LogP contribution in [0.2, 0.25) is 0 Å². The number of nitrogen functional groups attached to an aromatic ring is 1. The molecule has 0 atom stereocenters. The number of nitrogens with two attached hydrogens (primary N) is 1. The fourth-order valence-electron chi connectivity index (χ4n) is 4.07. The van der Waals surface area contributed by atoms with E-state index in [9.17, 15) is 14.4 Å². The number of anilines is 2. The number of carbonyl (C=O) groups is 1. The van der Waals surface area contributed by atoms with E-state index in [2.05, 4.69) is 4.98 Å². The van der Waals surface area contributed by atoms with Crippen molar-refractivity contribution in [3.8, 4) is 0 Å². The Balaban J connectivity index is 1.91. The van der Waals surface area contributed by atoms with Gasteiger partial charge in [-0.25, -0.2) is 4.79 Å². The molecule has 1 saturated carbocycles. The summed E-state index contributed by atoms with van der Waals surface area (Å²) in [6.07, 6.45) is 5.85. The third-order valence-corrected chi connectivity index (χ3v) is 5.73. The molecule has 0 spiro atoms. The fraction of sp³-hybridized carbons (Fsp3) is 0.500. The molecule has 1 aliphatic carbocycles. The first-order valence-electron chi connectivity index (χ1n) is 10.5. The first kappa shape index (κ1) is 21.8. The predicted molar refractivity (Wildman–Crippen MR) is 117 cm³/mol. The average molecular weight is 415 g/mol. The number of hydrogen-bond acceptors (Lipinski definition) is 5. The van der Waals surface area contributed by atoms with Gasteiger partial charge in [-0.1, -0.05) is 56.0 Å². The molecule has 1 fully saturated rings. The summed E-state index contributed by atoms with van der Waals surface area (Å²) >= 11 is 0. The number of H-pyrrole nitrogens is 1. The summed E-state index contributed by atoms with van der Waals surface area (Å²) in [5.74, 6) is 0.361. The fourth-order valence-corrected chi connectivity index (χ4v) is 4.07. The molecular formula is C22H30N4O4. The van der Waals surface area contributed by atoms with Crippen LogP contribution in [0.3, 0.4) is 0 Å². The number of aromatic nitrogens is 2. The SMILES string of the molecule is COCCN(C(=O)CCC1CCCC1)c1c(N)n(Cc2ccccc2)c(=O)[nH]c1=O. The zero-order valence-electron chi connectivity index (χ0n) is 17.4. The zero-order valence-corrected chi connectivity index (χ0v) is 17.4. The van der Waals surface area contributed by atoms with Gasteiger partial charge in [0, 0.05) is 20.1 Å². The summed E-state index contributed by atoms with van der Waals surface area (Å²) in [5.41, 5.74) is 5.88. The molecular weight excluding hydrogens is 384 g/mol. The van der Waals surface area contributed by atoms with Crippen molar-refractivity contribution in [1.82, 2.24) is 9.55 Å². The molecule has 8 nitrogen and oxygen atoms in total. The topological polar surface area (TPSA) is 110 Å². The second-order valence-electron chi connectivity index (χ2n) is 7.79. The zero-order chi connectivity index (χ0) is 21.5. The average Bonchev–Trinajstić information content (AvgIpc) is 3.26. The Morgan fingerprint density at radius 2 is 1.93 bits per heavy atom. The first-order valence-corrected chi connectivity index (χ1v) is 10.5. The Morgan fingerprint density at radius 3 is 2.60 bits per heavy atom. The summed E-state index contributed by atoms with van der Waals surface area (Å²) in [6.45, 7) is 0.645. The highest BCUT2D eigenvalue weighted by Gasteiger charge is 2.25. The Hall–Kier alpha value is -2.87. The highest BCUT2D eigenvalue weighted by molar-refractivity contribution is 5.95. The van der Waals surface area contributed by atoms with Gasteiger partial charge in [0.1, 0.15) is 5.82 Å². The molecule has 0 saturated heterocycles. The summed E-state index contributed by atoms with van der Waals surface area (Å²) in [5, 5.41) is 0. The number of aromatic amines is 1. The van der Waals surface area contributed by atoms with Crippen LogP contribution in [0.15, 0.2) is 39.9 Å². The highest BCUT2D eigenvalue weighted by atomic mass is 16.5. The predicted octanol–water partition coefficient (Wildman–Crippen LogP) is 2.12. The van der Waals surface area contributed by atoms with Gasteiger partial charge in [-0.2, -0.15) is 0 Å². The standard InChI is InChI=1S/C22H30N4O4/c1-30-14-13-25(18(27)12-11-16-7-5-6-8-16)19-20(23)26(22(29)24-21(19)28)15-17-9-3-2-4-10-17/h2-4,9-10,16H,5-8,11-15,23H2,1H3,(H,24,28,29). The Labute approximate surface area is 175 Å². The van der Waals surface area contributed by atoms with Gasteiger partial charge < -0.3 is 15.4 Å². The van der Waals surface area contributed by atoms with Crippen LogP contribution >= 0.6 is 0 Å². The van der Waals surface area contributed by atoms with E-state index < -0.39 is 11.2 Å². The number of benzene rings is 1. The van der Waals surface area contributed by atoms with Crippen molar-refractivity contribution in [1.29, 1.82) is 0 Å². The van der Waals surface area contributed by atoms with E-state index in [0.717, 1.165) is 24.8 Å². The van der Waals surface area contributed by atoms with Gasteiger partial charge >= 0.3 is 5.69 Å². The molecule has 1 heterocycles. The van der Waals surface area contributed by atoms with Gasteiger partial charge in [-0.15, -0.1) is 0 Å². The lowest BCUT2D eigenvalue weighted by molar-refractivity contribution is -0.119. The minimum atomic E-state index is -0.660. The van der Waals surface area contributed by atoms with Crippen LogP contribution in [0.4, 0.5) is 11.5 Å². The van der Waals surface area contributed by atoms with Crippen molar-refractivity contribution in [2.24, 2.45) is 5.92 Å². The van der Waals surface area contributed by atoms with Crippen molar-refractivity contribution in [3.63, 3.8) is 0 Å². The monoisotopic (exact) mass is 414 g/mol. The smallest absolute Gasteiger partial charge is 0.330 e. The highest BCUT2D eigenvalue weighted by Crippen LogP contribution is 2.29. The lowest BCUT2D eigenvalue weighted by Gasteiger charge is -2.25. The molecule has 8 heteroatoms. The quantitative estimate of drug-likeness (QED) is 0.653. The minimum Gasteiger partial charge on any atom is -0.383 e. The summed E-state index contributed by atoms with van der Waals surface area (Å²) in [4.78, 5) is 41.8. The number of nitrogens with zero attached hydrogens (tertiary/aromatic N) is 2. The van der Waals surface area contributed by atoms with E-state index in [-0.39, 0.29) is 37.1 Å². The minimum absolute atomic E-state index is 0.0130. The number of rotatable bonds is 9. The van der Waals surface area contributed by atoms with Crippen molar-refractivity contribution >= 4 is 17.4 Å². The summed E-state index contributed by atoms with van der Waals surface area (Å²) in [7, 11) is 1.53. The second kappa shape index (κ2) is 10.2. The molecule has 1 aliphatic rings. The van der Waals surface area contributed by atoms with Gasteiger partial charge in [0.25, 0.3) is 5.56 Å². The number of amides is 1. The van der Waals surface area contributed by atoms with Crippen molar-refractivity contribution < 1.29 is 9.53 Å². The number of ether oxygens (including phenoxy) is 1. The maximum atomic E-state index is 13.0. The third-order valence-electron chi connectivity index (χ3n) is 5.73. The van der Waals surface area contributed by atoms with Crippen LogP contribution in [-0.2, 0) is 16.1 Å². The lowest BCUT2D eigenvalue weighted by atomic mass is 10.0. The van der Waals surface area contributed by atoms with Crippen LogP contribution in [0.25, 0.3) is 0 Å². The molecule has 0 aliphatic heterocycles. The van der Waals surface area contributed by atoms with Gasteiger partial charge in [-0.05, 0) is 17.9 Å². The molecule has 2 aromatic rings. The summed E-state index contributed by atoms with van der Waals surface area (Å²) < 4.78 is 6.42. The molecule has 3 N–H and O–H groups in total. The van der Waals surface area contributed by atoms with E-state index in [1.54, 1.807) is 0 Å². The van der Waals surface area contributed by atoms with Gasteiger partial charge in [0.05, 0.1) is 13.2 Å². The third kappa shape index (κ3) is 5.18. The lowest BCUT2D eigenvalue weighted by Crippen LogP contribution is -2.42. The van der Waals surface area contributed by atoms with Crippen LogP contribution < -0.4 is 21.9 Å². The number of methoxy groups -OCH3 is 1. The maximum Gasteiger partial charge on any atom is 0.330 e. The van der Waals surface area contributed by atoms with Gasteiger partial charge in [-0.3, -0.25) is 19.1 Å². The largest absolute Gasteiger partial charge is 0.383 e. The van der Waals surface area contributed by atoms with Gasteiger partial charge in [0.2, 0.25) is 5.91 Å². The molecule has 0 bridgehead atoms. The maximum absolute atomic E-state index is 13.0. The van der Waals surface area contributed by atoms with Crippen molar-refractivity contribution in [2.45, 2.75) is 45.1 Å². The van der Waals surface area contributed by atoms with E-state index >= 15 is 0 Å². The van der Waals surface area contributed by atoms with E-state index in [0.29, 0.717) is 12.3 Å². The number of hydrogen-bond donors (Lipinski definition) is 2. The number of nitrogens with one attached hydrogen (secondary N) is 1. The van der Waals surface area contributed by atoms with Crippen LogP contribution in [-0.4, -0.2) is 35.7 Å². The number of carbonyl (C=O) groups excluding carboxylic acids is 1. The van der Waals surface area contributed by atoms with Crippen molar-refractivity contribution in [3.05, 3.63) is 56.7 Å². The van der Waals surface area contributed by atoms with E-state index in [1.807, 2.05) is 30.3 Å². The van der Waals surface area contributed by atoms with Gasteiger partial charge in [0.15, 0.2) is 5.69 Å². The Kier molecular flexibility index (Phi) is 7.46. The van der Waals surface area contributed by atoms with Crippen LogP contribution in [0.5, 0.6) is 0 Å². The molecule has 0 radical (unpaired) electrons. The first-order chi connectivity index (χ1) is 14.5. The molecule has 0 unspecified atom stereocenters. The summed E-state index contributed by atoms with van der Waals surface area (Å²) in [6, 6.07) is 9.34. The molecule has 1 aromatic carbocycles. The molecule has 30 heavy (non-hydrogen) atoms. The van der Waals surface area contributed by atoms with E-state index in [1.165, 1.54) is 29.4 Å². The second-order valence-corrected chi connectivity index (χ2v) is 7.79. The normalized spacial score (nSPS) is 14.2. The Morgan fingerprint density at radius 1 is 1.23 bits per heavy atom. The molecule has 1 aromatic heterocycles. The Bertz CT molecular complexity index is 961. The van der Waals surface area contributed by atoms with Crippen molar-refractivity contribution in [2.75, 3.05) is 30.9 Å². The molecule has 1 amide bonds. The van der Waals surface area contributed by atoms with Crippen LogP contribution in [0.1, 0.15) is 44.1 Å². The van der Waals surface area contributed by atoms with Crippen LogP contribution in [0, 0.1) is 5.92 Å². The molecule has 3 rings (SSSR count). The van der Waals surface area contributed by atoms with E-state index in [4.69, 9.17) is 10.5 Å². The molecule has 162 valence electrons.